The van der Waals surface area contributed by atoms with Crippen LogP contribution in [-0.4, -0.2) is 58.5 Å². The molecule has 4 rings (SSSR count). The van der Waals surface area contributed by atoms with Gasteiger partial charge < -0.3 is 15.1 Å². The number of hydrogen-bond donors (Lipinski definition) is 1. The van der Waals surface area contributed by atoms with Crippen molar-refractivity contribution in [2.75, 3.05) is 13.1 Å². The first-order chi connectivity index (χ1) is 21.4. The van der Waals surface area contributed by atoms with Crippen molar-refractivity contribution >= 4 is 23.5 Å². The molecule has 1 heterocycles. The van der Waals surface area contributed by atoms with Crippen molar-refractivity contribution in [1.29, 1.82) is 0 Å². The minimum Gasteiger partial charge on any atom is -0.344 e. The summed E-state index contributed by atoms with van der Waals surface area (Å²) >= 11 is 0. The number of carbonyl (C=O) groups is 4. The maximum Gasteiger partial charge on any atom is 0.253 e. The zero-order valence-corrected chi connectivity index (χ0v) is 27.5. The number of Topliss-reactive ketones (excluding diaryl/α,β-unsaturated/α-hetero) is 1. The second kappa shape index (κ2) is 14.7. The van der Waals surface area contributed by atoms with Gasteiger partial charge in [0.25, 0.3) is 5.91 Å². The van der Waals surface area contributed by atoms with Gasteiger partial charge in [-0.15, -0.1) is 0 Å². The predicted molar refractivity (Wildman–Crippen MR) is 178 cm³/mol. The lowest BCUT2D eigenvalue weighted by Gasteiger charge is -2.43. The molecule has 7 nitrogen and oxygen atoms in total. The quantitative estimate of drug-likeness (QED) is 0.266. The summed E-state index contributed by atoms with van der Waals surface area (Å²) in [5, 5.41) is 3.07. The highest BCUT2D eigenvalue weighted by molar-refractivity contribution is 5.98. The van der Waals surface area contributed by atoms with E-state index < -0.39 is 11.5 Å². The van der Waals surface area contributed by atoms with Crippen molar-refractivity contribution in [1.82, 2.24) is 15.1 Å². The van der Waals surface area contributed by atoms with E-state index in [1.54, 1.807) is 24.3 Å². The molecule has 3 aromatic rings. The van der Waals surface area contributed by atoms with E-state index in [2.05, 4.69) is 11.4 Å². The minimum absolute atomic E-state index is 0.0567. The molecule has 0 aromatic heterocycles. The van der Waals surface area contributed by atoms with E-state index in [1.807, 2.05) is 92.9 Å². The van der Waals surface area contributed by atoms with Crippen LogP contribution < -0.4 is 5.32 Å². The largest absolute Gasteiger partial charge is 0.344 e. The predicted octanol–water partition coefficient (Wildman–Crippen LogP) is 6.10. The summed E-state index contributed by atoms with van der Waals surface area (Å²) in [5.41, 5.74) is 3.87. The molecule has 238 valence electrons. The second-order valence-electron chi connectivity index (χ2n) is 13.3. The monoisotopic (exact) mass is 609 g/mol. The summed E-state index contributed by atoms with van der Waals surface area (Å²) < 4.78 is 0. The summed E-state index contributed by atoms with van der Waals surface area (Å²) in [6, 6.07) is 23.9. The zero-order chi connectivity index (χ0) is 32.7. The smallest absolute Gasteiger partial charge is 0.253 e. The SMILES string of the molecule is CC[C@@H](C)C(=O)N[C@H](C(=O)N1Cc2ccccc2C[C@H]1CN(CCc1ccccc1)C(=O)c1ccc(C(C)=O)cc1)C(C)(C)C. The van der Waals surface area contributed by atoms with Gasteiger partial charge in [0.1, 0.15) is 6.04 Å². The topological polar surface area (TPSA) is 86.8 Å². The molecule has 0 fully saturated rings. The van der Waals surface area contributed by atoms with Crippen molar-refractivity contribution in [2.24, 2.45) is 11.3 Å². The van der Waals surface area contributed by atoms with Gasteiger partial charge in [0.2, 0.25) is 11.8 Å². The van der Waals surface area contributed by atoms with Gasteiger partial charge in [-0.05, 0) is 60.4 Å². The molecule has 1 aliphatic heterocycles. The van der Waals surface area contributed by atoms with Gasteiger partial charge in [0.15, 0.2) is 5.78 Å². The maximum atomic E-state index is 14.5. The molecule has 3 amide bonds. The molecule has 0 spiro atoms. The molecule has 0 bridgehead atoms. The van der Waals surface area contributed by atoms with Gasteiger partial charge in [0.05, 0.1) is 6.04 Å². The van der Waals surface area contributed by atoms with Crippen molar-refractivity contribution < 1.29 is 19.2 Å². The third-order valence-corrected chi connectivity index (χ3v) is 8.87. The number of benzene rings is 3. The summed E-state index contributed by atoms with van der Waals surface area (Å²) in [6.07, 6.45) is 1.93. The number of ketones is 1. The van der Waals surface area contributed by atoms with Gasteiger partial charge in [-0.25, -0.2) is 0 Å². The Bertz CT molecular complexity index is 1490. The number of rotatable bonds is 11. The minimum atomic E-state index is -0.723. The summed E-state index contributed by atoms with van der Waals surface area (Å²) in [6.45, 7) is 12.5. The molecule has 0 saturated heterocycles. The van der Waals surface area contributed by atoms with E-state index in [0.717, 1.165) is 16.7 Å². The van der Waals surface area contributed by atoms with Crippen LogP contribution in [-0.2, 0) is 29.0 Å². The number of amides is 3. The van der Waals surface area contributed by atoms with Gasteiger partial charge >= 0.3 is 0 Å². The Morgan fingerprint density at radius 2 is 1.49 bits per heavy atom. The summed E-state index contributed by atoms with van der Waals surface area (Å²) in [7, 11) is 0. The molecular weight excluding hydrogens is 562 g/mol. The van der Waals surface area contributed by atoms with E-state index in [1.165, 1.54) is 6.92 Å². The fourth-order valence-electron chi connectivity index (χ4n) is 5.76. The Hall–Kier alpha value is -4.26. The van der Waals surface area contributed by atoms with Crippen LogP contribution in [0.15, 0.2) is 78.9 Å². The van der Waals surface area contributed by atoms with E-state index in [4.69, 9.17) is 0 Å². The third kappa shape index (κ3) is 8.47. The molecule has 0 unspecified atom stereocenters. The van der Waals surface area contributed by atoms with Gasteiger partial charge in [-0.2, -0.15) is 0 Å². The molecule has 3 atom stereocenters. The molecule has 1 aliphatic rings. The fraction of sp³-hybridized carbons (Fsp3) is 0.421. The van der Waals surface area contributed by atoms with Gasteiger partial charge in [-0.1, -0.05) is 101 Å². The van der Waals surface area contributed by atoms with E-state index in [-0.39, 0.29) is 35.5 Å². The van der Waals surface area contributed by atoms with Crippen LogP contribution in [0.3, 0.4) is 0 Å². The van der Waals surface area contributed by atoms with Crippen LogP contribution in [0.2, 0.25) is 0 Å². The van der Waals surface area contributed by atoms with E-state index in [0.29, 0.717) is 50.0 Å². The summed E-state index contributed by atoms with van der Waals surface area (Å²) in [5.74, 6) is -0.683. The van der Waals surface area contributed by atoms with Crippen molar-refractivity contribution in [3.63, 3.8) is 0 Å². The van der Waals surface area contributed by atoms with E-state index in [9.17, 15) is 19.2 Å². The van der Waals surface area contributed by atoms with Crippen LogP contribution in [0, 0.1) is 11.3 Å². The number of nitrogens with one attached hydrogen (secondary N) is 1. The highest BCUT2D eigenvalue weighted by Crippen LogP contribution is 2.29. The average Bonchev–Trinajstić information content (AvgIpc) is 3.03. The Kier molecular flexibility index (Phi) is 11.0. The Morgan fingerprint density at radius 1 is 0.889 bits per heavy atom. The molecule has 1 N–H and O–H groups in total. The van der Waals surface area contributed by atoms with Gasteiger partial charge in [0, 0.05) is 36.7 Å². The Balaban J connectivity index is 1.68. The van der Waals surface area contributed by atoms with Crippen LogP contribution in [0.1, 0.15) is 85.4 Å². The average molecular weight is 610 g/mol. The number of nitrogens with zero attached hydrogens (tertiary/aromatic N) is 2. The fourth-order valence-corrected chi connectivity index (χ4v) is 5.76. The number of fused-ring (bicyclic) bond motifs is 1. The number of hydrogen-bond acceptors (Lipinski definition) is 4. The standard InChI is InChI=1S/C38H47N3O4/c1-7-26(2)35(43)39-34(38(4,5)6)37(45)41-24-32-16-12-11-15-31(32)23-33(41)25-40(22-21-28-13-9-8-10-14-28)36(44)30-19-17-29(18-20-30)27(3)42/h8-20,26,33-34H,7,21-25H2,1-6H3,(H,39,43)/t26-,33+,34-/m1/s1. The highest BCUT2D eigenvalue weighted by atomic mass is 16.2. The molecule has 0 aliphatic carbocycles. The molecule has 0 saturated carbocycles. The highest BCUT2D eigenvalue weighted by Gasteiger charge is 2.41. The maximum absolute atomic E-state index is 14.5. The Morgan fingerprint density at radius 3 is 2.09 bits per heavy atom. The first kappa shape index (κ1) is 33.6. The second-order valence-corrected chi connectivity index (χ2v) is 13.3. The Labute approximate surface area is 268 Å². The molecular formula is C38H47N3O4. The van der Waals surface area contributed by atoms with Crippen LogP contribution >= 0.6 is 0 Å². The summed E-state index contributed by atoms with van der Waals surface area (Å²) in [4.78, 5) is 57.2. The van der Waals surface area contributed by atoms with Crippen molar-refractivity contribution in [3.8, 4) is 0 Å². The molecule has 45 heavy (non-hydrogen) atoms. The lowest BCUT2D eigenvalue weighted by atomic mass is 9.84. The third-order valence-electron chi connectivity index (χ3n) is 8.87. The van der Waals surface area contributed by atoms with Gasteiger partial charge in [-0.3, -0.25) is 19.2 Å². The van der Waals surface area contributed by atoms with Crippen LogP contribution in [0.5, 0.6) is 0 Å². The first-order valence-electron chi connectivity index (χ1n) is 16.0. The molecule has 7 heteroatoms. The van der Waals surface area contributed by atoms with Crippen molar-refractivity contribution in [3.05, 3.63) is 107 Å². The molecule has 3 aromatic carbocycles. The zero-order valence-electron chi connectivity index (χ0n) is 27.5. The van der Waals surface area contributed by atoms with Crippen molar-refractivity contribution in [2.45, 2.75) is 79.4 Å². The lowest BCUT2D eigenvalue weighted by molar-refractivity contribution is -0.143. The first-order valence-corrected chi connectivity index (χ1v) is 16.0. The lowest BCUT2D eigenvalue weighted by Crippen LogP contribution is -2.60. The number of carbonyl (C=O) groups excluding carboxylic acids is 4. The molecule has 0 radical (unpaired) electrons. The van der Waals surface area contributed by atoms with Crippen LogP contribution in [0.25, 0.3) is 0 Å². The van der Waals surface area contributed by atoms with Crippen LogP contribution in [0.4, 0.5) is 0 Å². The normalized spacial score (nSPS) is 15.9. The van der Waals surface area contributed by atoms with E-state index >= 15 is 0 Å².